The Balaban J connectivity index is 1.85. The fraction of sp³-hybridized carbons (Fsp3) is 0.222. The van der Waals surface area contributed by atoms with Crippen molar-refractivity contribution in [2.45, 2.75) is 0 Å². The van der Waals surface area contributed by atoms with Crippen LogP contribution in [0.2, 0.25) is 0 Å². The predicted molar refractivity (Wildman–Crippen MR) is 94.6 cm³/mol. The quantitative estimate of drug-likeness (QED) is 0.644. The van der Waals surface area contributed by atoms with Gasteiger partial charge in [0.2, 0.25) is 0 Å². The normalized spacial score (nSPS) is 13.8. The summed E-state index contributed by atoms with van der Waals surface area (Å²) < 4.78 is 0. The predicted octanol–water partition coefficient (Wildman–Crippen LogP) is 2.18. The third kappa shape index (κ3) is 2.23. The molecule has 0 aliphatic carbocycles. The van der Waals surface area contributed by atoms with Gasteiger partial charge in [0, 0.05) is 40.6 Å². The van der Waals surface area contributed by atoms with Crippen LogP contribution in [0.5, 0.6) is 0 Å². The Morgan fingerprint density at radius 2 is 1.83 bits per heavy atom. The summed E-state index contributed by atoms with van der Waals surface area (Å²) in [7, 11) is 4.06. The average molecular weight is 322 g/mol. The van der Waals surface area contributed by atoms with E-state index in [1.54, 1.807) is 6.07 Å². The standard InChI is InChI=1S/C18H18N4O2/c1-22(2)8-7-19-10-3-5-13-12(9-10)15-14(20-13)6-4-11-16(15)18(24)21-17(11)23/h3-6,9,19-20H,7-8H2,1-2H3,(H,21,23,24). The molecule has 6 heteroatoms. The van der Waals surface area contributed by atoms with E-state index in [0.717, 1.165) is 40.6 Å². The van der Waals surface area contributed by atoms with Gasteiger partial charge in [0.15, 0.2) is 0 Å². The van der Waals surface area contributed by atoms with E-state index in [2.05, 4.69) is 20.5 Å². The molecule has 6 nitrogen and oxygen atoms in total. The number of benzene rings is 2. The molecular formula is C18H18N4O2. The highest BCUT2D eigenvalue weighted by Crippen LogP contribution is 2.33. The number of H-pyrrole nitrogens is 1. The molecule has 3 aromatic rings. The maximum Gasteiger partial charge on any atom is 0.259 e. The molecule has 4 rings (SSSR count). The van der Waals surface area contributed by atoms with Crippen LogP contribution in [0.4, 0.5) is 5.69 Å². The zero-order valence-electron chi connectivity index (χ0n) is 13.6. The molecule has 0 fully saturated rings. The Morgan fingerprint density at radius 3 is 2.62 bits per heavy atom. The molecule has 0 spiro atoms. The fourth-order valence-corrected chi connectivity index (χ4v) is 3.18. The van der Waals surface area contributed by atoms with E-state index in [1.165, 1.54) is 0 Å². The van der Waals surface area contributed by atoms with E-state index >= 15 is 0 Å². The monoisotopic (exact) mass is 322 g/mol. The number of nitrogens with zero attached hydrogens (tertiary/aromatic N) is 1. The molecule has 0 atom stereocenters. The SMILES string of the molecule is CN(C)CCNc1ccc2[nH]c3ccc4c(c3c2c1)C(=O)NC4=O. The number of nitrogens with one attached hydrogen (secondary N) is 3. The number of amides is 2. The van der Waals surface area contributed by atoms with Gasteiger partial charge in [0.05, 0.1) is 11.1 Å². The first-order valence-electron chi connectivity index (χ1n) is 7.87. The highest BCUT2D eigenvalue weighted by atomic mass is 16.2. The third-order valence-electron chi connectivity index (χ3n) is 4.35. The van der Waals surface area contributed by atoms with Gasteiger partial charge < -0.3 is 15.2 Å². The van der Waals surface area contributed by atoms with Crippen LogP contribution >= 0.6 is 0 Å². The smallest absolute Gasteiger partial charge is 0.259 e. The molecule has 1 aliphatic rings. The minimum atomic E-state index is -0.327. The molecule has 0 bridgehead atoms. The van der Waals surface area contributed by atoms with Crippen LogP contribution in [-0.2, 0) is 0 Å². The average Bonchev–Trinajstić information content (AvgIpc) is 3.04. The van der Waals surface area contributed by atoms with Crippen molar-refractivity contribution in [1.82, 2.24) is 15.2 Å². The molecule has 24 heavy (non-hydrogen) atoms. The van der Waals surface area contributed by atoms with Crippen LogP contribution in [0.15, 0.2) is 30.3 Å². The van der Waals surface area contributed by atoms with Gasteiger partial charge in [-0.1, -0.05) is 0 Å². The number of fused-ring (bicyclic) bond motifs is 5. The minimum Gasteiger partial charge on any atom is -0.384 e. The summed E-state index contributed by atoms with van der Waals surface area (Å²) in [6.07, 6.45) is 0. The van der Waals surface area contributed by atoms with Crippen molar-refractivity contribution in [2.24, 2.45) is 0 Å². The summed E-state index contributed by atoms with van der Waals surface area (Å²) in [6.45, 7) is 1.76. The van der Waals surface area contributed by atoms with Crippen molar-refractivity contribution in [3.8, 4) is 0 Å². The maximum atomic E-state index is 12.2. The fourth-order valence-electron chi connectivity index (χ4n) is 3.18. The Hall–Kier alpha value is -2.86. The first-order valence-corrected chi connectivity index (χ1v) is 7.87. The van der Waals surface area contributed by atoms with Gasteiger partial charge in [0.1, 0.15) is 0 Å². The van der Waals surface area contributed by atoms with Gasteiger partial charge in [0.25, 0.3) is 11.8 Å². The van der Waals surface area contributed by atoms with E-state index in [1.807, 2.05) is 38.4 Å². The van der Waals surface area contributed by atoms with E-state index in [9.17, 15) is 9.59 Å². The number of aromatic amines is 1. The molecular weight excluding hydrogens is 304 g/mol. The Morgan fingerprint density at radius 1 is 1.04 bits per heavy atom. The molecule has 1 aromatic heterocycles. The van der Waals surface area contributed by atoms with Crippen LogP contribution in [0, 0.1) is 0 Å². The number of imide groups is 1. The zero-order valence-corrected chi connectivity index (χ0v) is 13.6. The van der Waals surface area contributed by atoms with Crippen molar-refractivity contribution < 1.29 is 9.59 Å². The van der Waals surface area contributed by atoms with Gasteiger partial charge in [-0.15, -0.1) is 0 Å². The molecule has 2 heterocycles. The minimum absolute atomic E-state index is 0.326. The van der Waals surface area contributed by atoms with Gasteiger partial charge in [-0.3, -0.25) is 14.9 Å². The van der Waals surface area contributed by atoms with Gasteiger partial charge in [-0.05, 0) is 44.4 Å². The number of carbonyl (C=O) groups excluding carboxylic acids is 2. The first-order chi connectivity index (χ1) is 11.5. The number of rotatable bonds is 4. The van der Waals surface area contributed by atoms with Gasteiger partial charge >= 0.3 is 0 Å². The Labute approximate surface area is 138 Å². The van der Waals surface area contributed by atoms with E-state index < -0.39 is 0 Å². The van der Waals surface area contributed by atoms with E-state index in [0.29, 0.717) is 11.1 Å². The molecule has 0 saturated carbocycles. The summed E-state index contributed by atoms with van der Waals surface area (Å²) in [6, 6.07) is 9.59. The second-order valence-corrected chi connectivity index (χ2v) is 6.31. The van der Waals surface area contributed by atoms with Crippen molar-refractivity contribution in [2.75, 3.05) is 32.5 Å². The molecule has 0 radical (unpaired) electrons. The summed E-state index contributed by atoms with van der Waals surface area (Å²) in [4.78, 5) is 29.5. The molecule has 0 saturated heterocycles. The number of aromatic nitrogens is 1. The van der Waals surface area contributed by atoms with Gasteiger partial charge in [-0.25, -0.2) is 0 Å². The van der Waals surface area contributed by atoms with Crippen molar-refractivity contribution in [3.05, 3.63) is 41.5 Å². The molecule has 2 amide bonds. The lowest BCUT2D eigenvalue weighted by atomic mass is 10.0. The Kier molecular flexibility index (Phi) is 3.28. The summed E-state index contributed by atoms with van der Waals surface area (Å²) in [5.74, 6) is -0.654. The number of likely N-dealkylation sites (N-methyl/N-ethyl adjacent to an activating group) is 1. The molecule has 1 aliphatic heterocycles. The second-order valence-electron chi connectivity index (χ2n) is 6.31. The first kappa shape index (κ1) is 14.7. The van der Waals surface area contributed by atoms with E-state index in [4.69, 9.17) is 0 Å². The lowest BCUT2D eigenvalue weighted by Gasteiger charge is -2.11. The largest absolute Gasteiger partial charge is 0.384 e. The van der Waals surface area contributed by atoms with Crippen LogP contribution < -0.4 is 10.6 Å². The number of carbonyl (C=O) groups is 2. The second kappa shape index (κ2) is 5.35. The van der Waals surface area contributed by atoms with Crippen LogP contribution in [0.1, 0.15) is 20.7 Å². The number of anilines is 1. The molecule has 2 aromatic carbocycles. The molecule has 3 N–H and O–H groups in total. The van der Waals surface area contributed by atoms with Crippen LogP contribution in [-0.4, -0.2) is 48.9 Å². The zero-order chi connectivity index (χ0) is 16.8. The van der Waals surface area contributed by atoms with Crippen molar-refractivity contribution in [3.63, 3.8) is 0 Å². The van der Waals surface area contributed by atoms with Crippen molar-refractivity contribution >= 4 is 39.3 Å². The lowest BCUT2D eigenvalue weighted by Crippen LogP contribution is -2.20. The van der Waals surface area contributed by atoms with Crippen molar-refractivity contribution in [1.29, 1.82) is 0 Å². The van der Waals surface area contributed by atoms with E-state index in [-0.39, 0.29) is 11.8 Å². The Bertz CT molecular complexity index is 988. The third-order valence-corrected chi connectivity index (χ3v) is 4.35. The number of hydrogen-bond acceptors (Lipinski definition) is 4. The maximum absolute atomic E-state index is 12.2. The molecule has 0 unspecified atom stereocenters. The molecule has 122 valence electrons. The highest BCUT2D eigenvalue weighted by molar-refractivity contribution is 6.30. The van der Waals surface area contributed by atoms with Crippen LogP contribution in [0.25, 0.3) is 21.8 Å². The summed E-state index contributed by atoms with van der Waals surface area (Å²) in [5.41, 5.74) is 3.71. The van der Waals surface area contributed by atoms with Gasteiger partial charge in [-0.2, -0.15) is 0 Å². The van der Waals surface area contributed by atoms with Crippen LogP contribution in [0.3, 0.4) is 0 Å². The topological polar surface area (TPSA) is 77.2 Å². The summed E-state index contributed by atoms with van der Waals surface area (Å²) >= 11 is 0. The lowest BCUT2D eigenvalue weighted by molar-refractivity contribution is 0.0880. The number of hydrogen-bond donors (Lipinski definition) is 3. The summed E-state index contributed by atoms with van der Waals surface area (Å²) in [5, 5.41) is 7.52. The highest BCUT2D eigenvalue weighted by Gasteiger charge is 2.30.